The minimum absolute atomic E-state index is 0.121. The third-order valence-electron chi connectivity index (χ3n) is 3.25. The van der Waals surface area contributed by atoms with Gasteiger partial charge in [-0.1, -0.05) is 32.1 Å². The lowest BCUT2D eigenvalue weighted by atomic mass is 9.91. The maximum atomic E-state index is 5.94. The quantitative estimate of drug-likeness (QED) is 0.934. The summed E-state index contributed by atoms with van der Waals surface area (Å²) in [4.78, 5) is 0. The molecule has 0 saturated carbocycles. The predicted molar refractivity (Wildman–Crippen MR) is 81.8 cm³/mol. The summed E-state index contributed by atoms with van der Waals surface area (Å²) in [5.74, 6) is 1.87. The average molecular weight is 290 g/mol. The molecule has 114 valence electrons. The third kappa shape index (κ3) is 3.09. The summed E-state index contributed by atoms with van der Waals surface area (Å²) in [5, 5.41) is 8.14. The minimum atomic E-state index is -0.121. The molecule has 0 spiro atoms. The van der Waals surface area contributed by atoms with Crippen LogP contribution >= 0.6 is 0 Å². The van der Waals surface area contributed by atoms with Crippen LogP contribution in [-0.2, 0) is 12.0 Å². The van der Waals surface area contributed by atoms with Crippen LogP contribution in [-0.4, -0.2) is 29.2 Å². The molecule has 6 heteroatoms. The molecule has 0 aliphatic carbocycles. The van der Waals surface area contributed by atoms with E-state index < -0.39 is 0 Å². The van der Waals surface area contributed by atoms with Crippen molar-refractivity contribution in [1.29, 1.82) is 0 Å². The van der Waals surface area contributed by atoms with Gasteiger partial charge in [-0.15, -0.1) is 5.10 Å². The third-order valence-corrected chi connectivity index (χ3v) is 3.25. The molecule has 0 amide bonds. The Morgan fingerprint density at radius 3 is 2.38 bits per heavy atom. The number of anilines is 1. The fourth-order valence-electron chi connectivity index (χ4n) is 2.36. The van der Waals surface area contributed by atoms with E-state index in [0.29, 0.717) is 23.9 Å². The second-order valence-electron chi connectivity index (χ2n) is 5.92. The van der Waals surface area contributed by atoms with E-state index in [1.807, 2.05) is 22.9 Å². The van der Waals surface area contributed by atoms with Crippen LogP contribution < -0.4 is 15.2 Å². The fraction of sp³-hybridized carbons (Fsp3) is 0.467. The number of ether oxygens (including phenoxy) is 2. The highest BCUT2D eigenvalue weighted by atomic mass is 16.5. The zero-order valence-electron chi connectivity index (χ0n) is 13.2. The summed E-state index contributed by atoms with van der Waals surface area (Å²) in [6, 6.07) is 5.79. The second kappa shape index (κ2) is 5.63. The molecule has 2 N–H and O–H groups in total. The molecule has 0 fully saturated rings. The fourth-order valence-corrected chi connectivity index (χ4v) is 2.36. The van der Waals surface area contributed by atoms with Crippen LogP contribution in [0.4, 0.5) is 5.82 Å². The first-order valence-electron chi connectivity index (χ1n) is 6.77. The number of hydrogen-bond acceptors (Lipinski definition) is 5. The normalized spacial score (nSPS) is 11.5. The van der Waals surface area contributed by atoms with Gasteiger partial charge < -0.3 is 15.2 Å². The van der Waals surface area contributed by atoms with E-state index in [2.05, 4.69) is 31.1 Å². The first-order valence-corrected chi connectivity index (χ1v) is 6.77. The molecule has 0 unspecified atom stereocenters. The van der Waals surface area contributed by atoms with Crippen LogP contribution in [0, 0.1) is 0 Å². The minimum Gasteiger partial charge on any atom is -0.493 e. The van der Waals surface area contributed by atoms with Crippen molar-refractivity contribution in [2.24, 2.45) is 0 Å². The Labute approximate surface area is 124 Å². The topological polar surface area (TPSA) is 75.2 Å². The number of nitrogen functional groups attached to an aromatic ring is 1. The maximum absolute atomic E-state index is 5.94. The van der Waals surface area contributed by atoms with Gasteiger partial charge in [0.25, 0.3) is 0 Å². The highest BCUT2D eigenvalue weighted by Gasteiger charge is 2.24. The molecule has 0 aliphatic heterocycles. The first-order chi connectivity index (χ1) is 9.86. The van der Waals surface area contributed by atoms with Crippen molar-refractivity contribution in [3.63, 3.8) is 0 Å². The molecule has 6 nitrogen and oxygen atoms in total. The molecule has 1 heterocycles. The van der Waals surface area contributed by atoms with E-state index in [4.69, 9.17) is 15.2 Å². The zero-order valence-corrected chi connectivity index (χ0v) is 13.2. The summed E-state index contributed by atoms with van der Waals surface area (Å²) >= 11 is 0. The Hall–Kier alpha value is -2.24. The number of aromatic nitrogens is 3. The predicted octanol–water partition coefficient (Wildman–Crippen LogP) is 2.22. The number of rotatable bonds is 4. The molecule has 21 heavy (non-hydrogen) atoms. The van der Waals surface area contributed by atoms with E-state index in [-0.39, 0.29) is 5.41 Å². The SMILES string of the molecule is COc1ccc(Cn2nnc(N)c2C(C)(C)C)cc1OC. The van der Waals surface area contributed by atoms with Gasteiger partial charge in [0.15, 0.2) is 17.3 Å². The molecular formula is C15H22N4O2. The lowest BCUT2D eigenvalue weighted by molar-refractivity contribution is 0.354. The maximum Gasteiger partial charge on any atom is 0.169 e. The number of nitrogens with two attached hydrogens (primary N) is 1. The molecule has 0 atom stereocenters. The van der Waals surface area contributed by atoms with Crippen molar-refractivity contribution in [2.75, 3.05) is 20.0 Å². The van der Waals surface area contributed by atoms with Crippen molar-refractivity contribution in [3.05, 3.63) is 29.5 Å². The van der Waals surface area contributed by atoms with Crippen molar-refractivity contribution in [3.8, 4) is 11.5 Å². The highest BCUT2D eigenvalue weighted by molar-refractivity contribution is 5.43. The van der Waals surface area contributed by atoms with Crippen molar-refractivity contribution < 1.29 is 9.47 Å². The van der Waals surface area contributed by atoms with Crippen LogP contribution in [0.3, 0.4) is 0 Å². The second-order valence-corrected chi connectivity index (χ2v) is 5.92. The molecule has 0 radical (unpaired) electrons. The molecule has 0 bridgehead atoms. The summed E-state index contributed by atoms with van der Waals surface area (Å²) < 4.78 is 12.4. The van der Waals surface area contributed by atoms with Gasteiger partial charge in [-0.2, -0.15) is 0 Å². The summed E-state index contributed by atoms with van der Waals surface area (Å²) in [7, 11) is 3.24. The van der Waals surface area contributed by atoms with Gasteiger partial charge in [0, 0.05) is 5.41 Å². The van der Waals surface area contributed by atoms with Gasteiger partial charge in [-0.05, 0) is 17.7 Å². The van der Waals surface area contributed by atoms with Crippen molar-refractivity contribution >= 4 is 5.82 Å². The monoisotopic (exact) mass is 290 g/mol. The van der Waals surface area contributed by atoms with Crippen molar-refractivity contribution in [1.82, 2.24) is 15.0 Å². The number of benzene rings is 1. The van der Waals surface area contributed by atoms with E-state index in [1.54, 1.807) is 14.2 Å². The first kappa shape index (κ1) is 15.2. The van der Waals surface area contributed by atoms with Gasteiger partial charge in [0.05, 0.1) is 26.5 Å². The lowest BCUT2D eigenvalue weighted by Crippen LogP contribution is -2.20. The Bertz CT molecular complexity index is 629. The largest absolute Gasteiger partial charge is 0.493 e. The smallest absolute Gasteiger partial charge is 0.169 e. The molecule has 1 aromatic heterocycles. The molecule has 1 aromatic carbocycles. The number of methoxy groups -OCH3 is 2. The Kier molecular flexibility index (Phi) is 4.06. The van der Waals surface area contributed by atoms with E-state index >= 15 is 0 Å². The summed E-state index contributed by atoms with van der Waals surface area (Å²) in [6.07, 6.45) is 0. The van der Waals surface area contributed by atoms with Crippen molar-refractivity contribution in [2.45, 2.75) is 32.7 Å². The van der Waals surface area contributed by atoms with Gasteiger partial charge >= 0.3 is 0 Å². The number of hydrogen-bond donors (Lipinski definition) is 1. The van der Waals surface area contributed by atoms with Crippen LogP contribution in [0.5, 0.6) is 11.5 Å². The van der Waals surface area contributed by atoms with Gasteiger partial charge in [0.1, 0.15) is 0 Å². The zero-order chi connectivity index (χ0) is 15.6. The van der Waals surface area contributed by atoms with Crippen LogP contribution in [0.15, 0.2) is 18.2 Å². The van der Waals surface area contributed by atoms with E-state index in [0.717, 1.165) is 11.3 Å². The highest BCUT2D eigenvalue weighted by Crippen LogP contribution is 2.30. The van der Waals surface area contributed by atoms with Gasteiger partial charge in [0.2, 0.25) is 0 Å². The Balaban J connectivity index is 2.35. The molecule has 2 aromatic rings. The standard InChI is InChI=1S/C15H22N4O2/c1-15(2,3)13-14(16)17-18-19(13)9-10-6-7-11(20-4)12(8-10)21-5/h6-8H,9,16H2,1-5H3. The van der Waals surface area contributed by atoms with Crippen LogP contribution in [0.25, 0.3) is 0 Å². The summed E-state index contributed by atoms with van der Waals surface area (Å²) in [5.41, 5.74) is 7.80. The molecule has 0 saturated heterocycles. The van der Waals surface area contributed by atoms with E-state index in [9.17, 15) is 0 Å². The van der Waals surface area contributed by atoms with Gasteiger partial charge in [-0.25, -0.2) is 4.68 Å². The lowest BCUT2D eigenvalue weighted by Gasteiger charge is -2.20. The van der Waals surface area contributed by atoms with Crippen LogP contribution in [0.1, 0.15) is 32.0 Å². The molecule has 2 rings (SSSR count). The van der Waals surface area contributed by atoms with Gasteiger partial charge in [-0.3, -0.25) is 0 Å². The molecule has 0 aliphatic rings. The van der Waals surface area contributed by atoms with Crippen LogP contribution in [0.2, 0.25) is 0 Å². The Morgan fingerprint density at radius 1 is 1.14 bits per heavy atom. The molecular weight excluding hydrogens is 268 g/mol. The van der Waals surface area contributed by atoms with E-state index in [1.165, 1.54) is 0 Å². The average Bonchev–Trinajstić information content (AvgIpc) is 2.79. The summed E-state index contributed by atoms with van der Waals surface area (Å²) in [6.45, 7) is 6.85. The Morgan fingerprint density at radius 2 is 1.81 bits per heavy atom. The number of nitrogens with zero attached hydrogens (tertiary/aromatic N) is 3.